The molecular weight excluding hydrogens is 392 g/mol. The highest BCUT2D eigenvalue weighted by Gasteiger charge is 2.25. The number of ether oxygens (including phenoxy) is 1. The number of amides is 1. The standard InChI is InChI=1S/C21H23F2N5O2/c1-14-17-11-15(12-24-19(17)26(2)25-14)13-27-7-9-28(10-8-27)20(29)16-5-3-4-6-18(16)30-21(22)23/h3-6,11-12,21H,7-10,13H2,1-2H3. The number of aromatic nitrogens is 3. The van der Waals surface area contributed by atoms with Gasteiger partial charge < -0.3 is 9.64 Å². The van der Waals surface area contributed by atoms with Crippen LogP contribution in [0.15, 0.2) is 36.5 Å². The van der Waals surface area contributed by atoms with Gasteiger partial charge in [0.25, 0.3) is 5.91 Å². The molecule has 1 aromatic carbocycles. The molecule has 1 aliphatic heterocycles. The first-order chi connectivity index (χ1) is 14.4. The molecule has 1 saturated heterocycles. The van der Waals surface area contributed by atoms with E-state index in [0.29, 0.717) is 26.2 Å². The molecule has 7 nitrogen and oxygen atoms in total. The minimum Gasteiger partial charge on any atom is -0.434 e. The number of hydrogen-bond donors (Lipinski definition) is 0. The number of pyridine rings is 1. The van der Waals surface area contributed by atoms with Crippen molar-refractivity contribution in [1.82, 2.24) is 24.6 Å². The zero-order valence-corrected chi connectivity index (χ0v) is 16.9. The summed E-state index contributed by atoms with van der Waals surface area (Å²) in [5.41, 5.74) is 3.06. The smallest absolute Gasteiger partial charge is 0.387 e. The Balaban J connectivity index is 1.40. The van der Waals surface area contributed by atoms with E-state index >= 15 is 0 Å². The summed E-state index contributed by atoms with van der Waals surface area (Å²) in [6, 6.07) is 8.23. The highest BCUT2D eigenvalue weighted by atomic mass is 19.3. The molecule has 30 heavy (non-hydrogen) atoms. The van der Waals surface area contributed by atoms with Crippen LogP contribution in [0.2, 0.25) is 0 Å². The van der Waals surface area contributed by atoms with Gasteiger partial charge in [0, 0.05) is 51.4 Å². The molecule has 1 fully saturated rings. The van der Waals surface area contributed by atoms with Crippen LogP contribution in [0.3, 0.4) is 0 Å². The second kappa shape index (κ2) is 8.35. The number of carbonyl (C=O) groups is 1. The molecule has 0 spiro atoms. The molecule has 3 heterocycles. The molecule has 0 aliphatic carbocycles. The van der Waals surface area contributed by atoms with Crippen molar-refractivity contribution in [3.63, 3.8) is 0 Å². The molecule has 0 atom stereocenters. The van der Waals surface area contributed by atoms with E-state index in [1.54, 1.807) is 21.7 Å². The lowest BCUT2D eigenvalue weighted by molar-refractivity contribution is -0.0503. The number of piperazine rings is 1. The summed E-state index contributed by atoms with van der Waals surface area (Å²) < 4.78 is 31.5. The van der Waals surface area contributed by atoms with Crippen molar-refractivity contribution < 1.29 is 18.3 Å². The number of benzene rings is 1. The summed E-state index contributed by atoms with van der Waals surface area (Å²) in [6.07, 6.45) is 1.86. The van der Waals surface area contributed by atoms with Crippen molar-refractivity contribution in [1.29, 1.82) is 0 Å². The lowest BCUT2D eigenvalue weighted by Gasteiger charge is -2.35. The maximum Gasteiger partial charge on any atom is 0.387 e. The van der Waals surface area contributed by atoms with E-state index in [0.717, 1.165) is 28.8 Å². The van der Waals surface area contributed by atoms with Gasteiger partial charge in [-0.2, -0.15) is 13.9 Å². The average molecular weight is 415 g/mol. The Labute approximate surface area is 172 Å². The Bertz CT molecular complexity index is 1060. The highest BCUT2D eigenvalue weighted by molar-refractivity contribution is 5.97. The largest absolute Gasteiger partial charge is 0.434 e. The Morgan fingerprint density at radius 1 is 1.20 bits per heavy atom. The number of aryl methyl sites for hydroxylation is 2. The third-order valence-corrected chi connectivity index (χ3v) is 5.32. The van der Waals surface area contributed by atoms with Crippen LogP contribution in [0.4, 0.5) is 8.78 Å². The quantitative estimate of drug-likeness (QED) is 0.641. The van der Waals surface area contributed by atoms with Gasteiger partial charge in [-0.05, 0) is 30.7 Å². The topological polar surface area (TPSA) is 63.5 Å². The molecule has 1 aliphatic rings. The number of hydrogen-bond acceptors (Lipinski definition) is 5. The summed E-state index contributed by atoms with van der Waals surface area (Å²) in [6.45, 7) is 2.14. The van der Waals surface area contributed by atoms with Crippen LogP contribution >= 0.6 is 0 Å². The average Bonchev–Trinajstić information content (AvgIpc) is 3.01. The highest BCUT2D eigenvalue weighted by Crippen LogP contribution is 2.23. The van der Waals surface area contributed by atoms with Crippen LogP contribution in [0, 0.1) is 6.92 Å². The van der Waals surface area contributed by atoms with Gasteiger partial charge in [-0.3, -0.25) is 14.4 Å². The van der Waals surface area contributed by atoms with Crippen LogP contribution in [-0.4, -0.2) is 63.3 Å². The van der Waals surface area contributed by atoms with Crippen molar-refractivity contribution in [2.45, 2.75) is 20.1 Å². The lowest BCUT2D eigenvalue weighted by Crippen LogP contribution is -2.48. The molecule has 0 saturated carbocycles. The SMILES string of the molecule is Cc1nn(C)c2ncc(CN3CCN(C(=O)c4ccccc4OC(F)F)CC3)cc12. The molecule has 0 N–H and O–H groups in total. The van der Waals surface area contributed by atoms with Gasteiger partial charge in [0.15, 0.2) is 5.65 Å². The molecule has 0 unspecified atom stereocenters. The predicted molar refractivity (Wildman–Crippen MR) is 108 cm³/mol. The molecule has 3 aromatic rings. The second-order valence-electron chi connectivity index (χ2n) is 7.37. The van der Waals surface area contributed by atoms with E-state index < -0.39 is 6.61 Å². The summed E-state index contributed by atoms with van der Waals surface area (Å²) in [5.74, 6) is -0.383. The zero-order chi connectivity index (χ0) is 21.3. The minimum atomic E-state index is -2.97. The van der Waals surface area contributed by atoms with Crippen LogP contribution in [0.1, 0.15) is 21.6 Å². The third-order valence-electron chi connectivity index (χ3n) is 5.32. The molecule has 0 bridgehead atoms. The monoisotopic (exact) mass is 415 g/mol. The molecular formula is C21H23F2N5O2. The van der Waals surface area contributed by atoms with Crippen molar-refractivity contribution in [3.8, 4) is 5.75 Å². The first-order valence-electron chi connectivity index (χ1n) is 9.76. The zero-order valence-electron chi connectivity index (χ0n) is 16.9. The summed E-state index contributed by atoms with van der Waals surface area (Å²) in [7, 11) is 1.88. The minimum absolute atomic E-state index is 0.0915. The predicted octanol–water partition coefficient (Wildman–Crippen LogP) is 2.84. The Hall–Kier alpha value is -3.07. The van der Waals surface area contributed by atoms with E-state index in [9.17, 15) is 13.6 Å². The fraction of sp³-hybridized carbons (Fsp3) is 0.381. The van der Waals surface area contributed by atoms with E-state index in [1.165, 1.54) is 12.1 Å². The summed E-state index contributed by atoms with van der Waals surface area (Å²) in [5, 5.41) is 5.44. The molecule has 9 heteroatoms. The molecule has 2 aromatic heterocycles. The van der Waals surface area contributed by atoms with Gasteiger partial charge in [-0.1, -0.05) is 12.1 Å². The number of carbonyl (C=O) groups excluding carboxylic acids is 1. The van der Waals surface area contributed by atoms with E-state index in [1.807, 2.05) is 20.2 Å². The Morgan fingerprint density at radius 3 is 2.67 bits per heavy atom. The molecule has 4 rings (SSSR count). The van der Waals surface area contributed by atoms with Crippen LogP contribution in [-0.2, 0) is 13.6 Å². The van der Waals surface area contributed by atoms with Gasteiger partial charge in [0.1, 0.15) is 5.75 Å². The van der Waals surface area contributed by atoms with Gasteiger partial charge in [-0.15, -0.1) is 0 Å². The second-order valence-corrected chi connectivity index (χ2v) is 7.37. The Kier molecular flexibility index (Phi) is 5.63. The number of para-hydroxylation sites is 1. The van der Waals surface area contributed by atoms with Gasteiger partial charge in [0.05, 0.1) is 11.3 Å². The molecule has 158 valence electrons. The molecule has 1 amide bonds. The van der Waals surface area contributed by atoms with E-state index in [2.05, 4.69) is 25.8 Å². The number of rotatable bonds is 5. The van der Waals surface area contributed by atoms with Crippen LogP contribution in [0.25, 0.3) is 11.0 Å². The number of halogens is 2. The molecule has 0 radical (unpaired) electrons. The normalized spacial score (nSPS) is 15.2. The Morgan fingerprint density at radius 2 is 1.93 bits per heavy atom. The van der Waals surface area contributed by atoms with E-state index in [4.69, 9.17) is 0 Å². The summed E-state index contributed by atoms with van der Waals surface area (Å²) in [4.78, 5) is 21.3. The maximum atomic E-state index is 12.8. The first kappa shape index (κ1) is 20.2. The number of nitrogens with zero attached hydrogens (tertiary/aromatic N) is 5. The van der Waals surface area contributed by atoms with Gasteiger partial charge >= 0.3 is 6.61 Å². The van der Waals surface area contributed by atoms with Crippen molar-refractivity contribution in [2.75, 3.05) is 26.2 Å². The van der Waals surface area contributed by atoms with Crippen molar-refractivity contribution in [3.05, 3.63) is 53.3 Å². The maximum absolute atomic E-state index is 12.8. The van der Waals surface area contributed by atoms with Gasteiger partial charge in [-0.25, -0.2) is 4.98 Å². The fourth-order valence-electron chi connectivity index (χ4n) is 3.82. The number of alkyl halides is 2. The lowest BCUT2D eigenvalue weighted by atomic mass is 10.1. The van der Waals surface area contributed by atoms with Crippen LogP contribution in [0.5, 0.6) is 5.75 Å². The van der Waals surface area contributed by atoms with Crippen molar-refractivity contribution >= 4 is 16.9 Å². The fourth-order valence-corrected chi connectivity index (χ4v) is 3.82. The third kappa shape index (κ3) is 4.11. The van der Waals surface area contributed by atoms with E-state index in [-0.39, 0.29) is 17.2 Å². The van der Waals surface area contributed by atoms with Gasteiger partial charge in [0.2, 0.25) is 0 Å². The summed E-state index contributed by atoms with van der Waals surface area (Å²) >= 11 is 0. The first-order valence-corrected chi connectivity index (χ1v) is 9.76. The van der Waals surface area contributed by atoms with Crippen LogP contribution < -0.4 is 4.74 Å². The van der Waals surface area contributed by atoms with Crippen molar-refractivity contribution in [2.24, 2.45) is 7.05 Å². The number of fused-ring (bicyclic) bond motifs is 1.